The van der Waals surface area contributed by atoms with Crippen LogP contribution in [0.15, 0.2) is 59.0 Å². The molecule has 7 nitrogen and oxygen atoms in total. The largest absolute Gasteiger partial charge is 0.456 e. The molecule has 7 heteroatoms. The van der Waals surface area contributed by atoms with E-state index in [9.17, 15) is 9.59 Å². The Bertz CT molecular complexity index is 936. The van der Waals surface area contributed by atoms with Crippen LogP contribution in [-0.4, -0.2) is 22.1 Å². The molecule has 1 aromatic heterocycles. The van der Waals surface area contributed by atoms with Gasteiger partial charge in [-0.05, 0) is 24.6 Å². The number of aromatic nitrogens is 2. The SMILES string of the molecule is CC(=O)NC(CC(=O)OCc1nnc(-c2ccccc2)o1)c1ccc(C)cc1. The number of nitrogens with zero attached hydrogens (tertiary/aromatic N) is 2. The number of rotatable bonds is 7. The zero-order chi connectivity index (χ0) is 19.9. The Morgan fingerprint density at radius 2 is 1.79 bits per heavy atom. The molecule has 0 saturated heterocycles. The number of esters is 1. The highest BCUT2D eigenvalue weighted by atomic mass is 16.5. The van der Waals surface area contributed by atoms with Crippen LogP contribution < -0.4 is 5.32 Å². The molecule has 1 atom stereocenters. The minimum atomic E-state index is -0.473. The molecule has 0 aliphatic heterocycles. The van der Waals surface area contributed by atoms with Gasteiger partial charge in [-0.25, -0.2) is 0 Å². The predicted octanol–water partition coefficient (Wildman–Crippen LogP) is 3.36. The van der Waals surface area contributed by atoms with Crippen molar-refractivity contribution in [3.8, 4) is 11.5 Å². The third-order valence-corrected chi connectivity index (χ3v) is 4.07. The standard InChI is InChI=1S/C21H21N3O4/c1-14-8-10-16(11-9-14)18(22-15(2)25)12-20(26)27-13-19-23-24-21(28-19)17-6-4-3-5-7-17/h3-11,18H,12-13H2,1-2H3,(H,22,25). The summed E-state index contributed by atoms with van der Waals surface area (Å²) in [5, 5.41) is 10.6. The number of benzene rings is 2. The Morgan fingerprint density at radius 1 is 1.07 bits per heavy atom. The average Bonchev–Trinajstić information content (AvgIpc) is 3.16. The molecule has 0 aliphatic rings. The second-order valence-corrected chi connectivity index (χ2v) is 6.40. The number of hydrogen-bond acceptors (Lipinski definition) is 6. The molecule has 0 aliphatic carbocycles. The lowest BCUT2D eigenvalue weighted by atomic mass is 10.0. The molecule has 3 aromatic rings. The van der Waals surface area contributed by atoms with Crippen LogP contribution in [0.2, 0.25) is 0 Å². The van der Waals surface area contributed by atoms with E-state index >= 15 is 0 Å². The third kappa shape index (κ3) is 5.26. The van der Waals surface area contributed by atoms with E-state index in [1.165, 1.54) is 6.92 Å². The number of aryl methyl sites for hydroxylation is 1. The number of amides is 1. The monoisotopic (exact) mass is 379 g/mol. The van der Waals surface area contributed by atoms with Gasteiger partial charge in [-0.3, -0.25) is 9.59 Å². The first-order valence-corrected chi connectivity index (χ1v) is 8.88. The summed E-state index contributed by atoms with van der Waals surface area (Å²) in [4.78, 5) is 23.8. The van der Waals surface area contributed by atoms with Crippen LogP contribution in [0.1, 0.15) is 36.4 Å². The normalized spacial score (nSPS) is 11.6. The van der Waals surface area contributed by atoms with E-state index in [2.05, 4.69) is 15.5 Å². The van der Waals surface area contributed by atoms with Crippen LogP contribution in [0.5, 0.6) is 0 Å². The number of ether oxygens (including phenoxy) is 1. The number of carbonyl (C=O) groups is 2. The quantitative estimate of drug-likeness (QED) is 0.633. The van der Waals surface area contributed by atoms with Gasteiger partial charge in [-0.1, -0.05) is 48.0 Å². The highest BCUT2D eigenvalue weighted by molar-refractivity contribution is 5.76. The van der Waals surface area contributed by atoms with Crippen LogP contribution in [0.3, 0.4) is 0 Å². The van der Waals surface area contributed by atoms with Gasteiger partial charge in [0.15, 0.2) is 6.61 Å². The van der Waals surface area contributed by atoms with Gasteiger partial charge >= 0.3 is 5.97 Å². The molecule has 2 aromatic carbocycles. The maximum absolute atomic E-state index is 12.3. The predicted molar refractivity (Wildman–Crippen MR) is 102 cm³/mol. The summed E-state index contributed by atoms with van der Waals surface area (Å²) in [5.41, 5.74) is 2.72. The average molecular weight is 379 g/mol. The molecule has 1 N–H and O–H groups in total. The van der Waals surface area contributed by atoms with E-state index in [0.717, 1.165) is 16.7 Å². The van der Waals surface area contributed by atoms with Crippen LogP contribution in [-0.2, 0) is 20.9 Å². The maximum Gasteiger partial charge on any atom is 0.308 e. The van der Waals surface area contributed by atoms with Gasteiger partial charge in [0.25, 0.3) is 5.89 Å². The van der Waals surface area contributed by atoms with Crippen molar-refractivity contribution in [1.82, 2.24) is 15.5 Å². The fourth-order valence-electron chi connectivity index (χ4n) is 2.67. The zero-order valence-electron chi connectivity index (χ0n) is 15.7. The van der Waals surface area contributed by atoms with Crippen molar-refractivity contribution < 1.29 is 18.7 Å². The number of nitrogens with one attached hydrogen (secondary N) is 1. The smallest absolute Gasteiger partial charge is 0.308 e. The first-order chi connectivity index (χ1) is 13.5. The topological polar surface area (TPSA) is 94.3 Å². The minimum absolute atomic E-state index is 0.00230. The van der Waals surface area contributed by atoms with Crippen LogP contribution in [0.4, 0.5) is 0 Å². The number of carbonyl (C=O) groups excluding carboxylic acids is 2. The van der Waals surface area contributed by atoms with Crippen molar-refractivity contribution in [3.63, 3.8) is 0 Å². The summed E-state index contributed by atoms with van der Waals surface area (Å²) in [7, 11) is 0. The molecular formula is C21H21N3O4. The van der Waals surface area contributed by atoms with Gasteiger partial charge in [-0.15, -0.1) is 10.2 Å². The molecular weight excluding hydrogens is 358 g/mol. The van der Waals surface area contributed by atoms with Gasteiger partial charge in [0.05, 0.1) is 12.5 Å². The Balaban J connectivity index is 1.59. The van der Waals surface area contributed by atoms with E-state index in [0.29, 0.717) is 5.89 Å². The Kier molecular flexibility index (Phi) is 6.16. The van der Waals surface area contributed by atoms with Crippen molar-refractivity contribution in [2.45, 2.75) is 32.9 Å². The van der Waals surface area contributed by atoms with E-state index in [1.807, 2.05) is 61.5 Å². The summed E-state index contributed by atoms with van der Waals surface area (Å²) >= 11 is 0. The minimum Gasteiger partial charge on any atom is -0.456 e. The molecule has 0 radical (unpaired) electrons. The molecule has 0 saturated carbocycles. The number of hydrogen-bond donors (Lipinski definition) is 1. The Labute approximate surface area is 162 Å². The van der Waals surface area contributed by atoms with E-state index < -0.39 is 12.0 Å². The van der Waals surface area contributed by atoms with E-state index in [4.69, 9.17) is 9.15 Å². The maximum atomic E-state index is 12.3. The summed E-state index contributed by atoms with van der Waals surface area (Å²) in [6, 6.07) is 16.5. The third-order valence-electron chi connectivity index (χ3n) is 4.07. The zero-order valence-corrected chi connectivity index (χ0v) is 15.7. The van der Waals surface area contributed by atoms with Gasteiger partial charge in [0, 0.05) is 12.5 Å². The Hall–Kier alpha value is -3.48. The molecule has 0 fully saturated rings. The van der Waals surface area contributed by atoms with Crippen molar-refractivity contribution in [2.24, 2.45) is 0 Å². The molecule has 144 valence electrons. The van der Waals surface area contributed by atoms with Crippen molar-refractivity contribution in [3.05, 3.63) is 71.6 Å². The fourth-order valence-corrected chi connectivity index (χ4v) is 2.67. The molecule has 0 bridgehead atoms. The van der Waals surface area contributed by atoms with E-state index in [1.54, 1.807) is 0 Å². The second kappa shape index (κ2) is 8.94. The highest BCUT2D eigenvalue weighted by Crippen LogP contribution is 2.20. The second-order valence-electron chi connectivity index (χ2n) is 6.40. The van der Waals surface area contributed by atoms with Gasteiger partial charge in [-0.2, -0.15) is 0 Å². The van der Waals surface area contributed by atoms with E-state index in [-0.39, 0.29) is 24.8 Å². The fraction of sp³-hybridized carbons (Fsp3) is 0.238. The van der Waals surface area contributed by atoms with Gasteiger partial charge in [0.1, 0.15) is 0 Å². The first kappa shape index (κ1) is 19.3. The van der Waals surface area contributed by atoms with Gasteiger partial charge in [0.2, 0.25) is 11.8 Å². The Morgan fingerprint density at radius 3 is 2.46 bits per heavy atom. The summed E-state index contributed by atoms with van der Waals surface area (Å²) in [6.45, 7) is 3.26. The molecule has 3 rings (SSSR count). The lowest BCUT2D eigenvalue weighted by molar-refractivity contribution is -0.146. The highest BCUT2D eigenvalue weighted by Gasteiger charge is 2.19. The van der Waals surface area contributed by atoms with Crippen molar-refractivity contribution in [2.75, 3.05) is 0 Å². The molecule has 0 spiro atoms. The molecule has 28 heavy (non-hydrogen) atoms. The van der Waals surface area contributed by atoms with Gasteiger partial charge < -0.3 is 14.5 Å². The van der Waals surface area contributed by atoms with Crippen LogP contribution in [0.25, 0.3) is 11.5 Å². The molecule has 1 unspecified atom stereocenters. The summed E-state index contributed by atoms with van der Waals surface area (Å²) < 4.78 is 10.8. The molecule has 1 heterocycles. The summed E-state index contributed by atoms with van der Waals surface area (Å²) in [5.74, 6) is -0.123. The first-order valence-electron chi connectivity index (χ1n) is 8.88. The van der Waals surface area contributed by atoms with Crippen molar-refractivity contribution >= 4 is 11.9 Å². The lowest BCUT2D eigenvalue weighted by Gasteiger charge is -2.17. The van der Waals surface area contributed by atoms with Crippen molar-refractivity contribution in [1.29, 1.82) is 0 Å². The van der Waals surface area contributed by atoms with Crippen LogP contribution in [0, 0.1) is 6.92 Å². The molecule has 1 amide bonds. The van der Waals surface area contributed by atoms with Crippen LogP contribution >= 0.6 is 0 Å². The summed E-state index contributed by atoms with van der Waals surface area (Å²) in [6.07, 6.45) is 0.00230. The lowest BCUT2D eigenvalue weighted by Crippen LogP contribution is -2.28.